The molecule has 1 aliphatic carbocycles. The number of carboxylic acids is 1. The lowest BCUT2D eigenvalue weighted by molar-refractivity contribution is -0.138. The number of rotatable bonds is 3. The molecular weight excluding hydrogens is 236 g/mol. The Kier molecular flexibility index (Phi) is 4.06. The van der Waals surface area contributed by atoms with E-state index in [2.05, 4.69) is 6.07 Å². The number of aliphatic carboxylic acids is 1. The largest absolute Gasteiger partial charge is 0.481 e. The Morgan fingerprint density at radius 3 is 2.82 bits per heavy atom. The molecule has 1 aromatic rings. The fourth-order valence-electron chi connectivity index (χ4n) is 2.81. The van der Waals surface area contributed by atoms with Gasteiger partial charge in [0.25, 0.3) is 0 Å². The lowest BCUT2D eigenvalue weighted by Crippen LogP contribution is -2.17. The Hall–Kier alpha value is -1.02. The molecule has 0 radical (unpaired) electrons. The molecule has 1 aromatic carbocycles. The highest BCUT2D eigenvalue weighted by Crippen LogP contribution is 2.39. The summed E-state index contributed by atoms with van der Waals surface area (Å²) in [6, 6.07) is 7.92. The van der Waals surface area contributed by atoms with Crippen LogP contribution in [0.3, 0.4) is 0 Å². The van der Waals surface area contributed by atoms with E-state index >= 15 is 0 Å². The van der Waals surface area contributed by atoms with Gasteiger partial charge < -0.3 is 5.11 Å². The fraction of sp³-hybridized carbons (Fsp3) is 0.500. The van der Waals surface area contributed by atoms with Gasteiger partial charge in [0.1, 0.15) is 0 Å². The van der Waals surface area contributed by atoms with Gasteiger partial charge in [0, 0.05) is 11.4 Å². The number of carbonyl (C=O) groups is 1. The third-order valence-corrected chi connectivity index (χ3v) is 3.94. The summed E-state index contributed by atoms with van der Waals surface area (Å²) < 4.78 is 0. The van der Waals surface area contributed by atoms with Crippen LogP contribution in [-0.4, -0.2) is 11.1 Å². The van der Waals surface area contributed by atoms with Crippen molar-refractivity contribution >= 4 is 17.6 Å². The molecule has 2 unspecified atom stereocenters. The summed E-state index contributed by atoms with van der Waals surface area (Å²) in [4.78, 5) is 10.8. The number of benzene rings is 1. The van der Waals surface area contributed by atoms with Gasteiger partial charge in [-0.25, -0.2) is 0 Å². The second-order valence-corrected chi connectivity index (χ2v) is 5.26. The van der Waals surface area contributed by atoms with Crippen molar-refractivity contribution in [2.45, 2.75) is 38.0 Å². The maximum atomic E-state index is 10.8. The smallest absolute Gasteiger partial charge is 0.303 e. The molecule has 92 valence electrons. The highest BCUT2D eigenvalue weighted by molar-refractivity contribution is 6.31. The van der Waals surface area contributed by atoms with E-state index in [1.165, 1.54) is 5.56 Å². The van der Waals surface area contributed by atoms with Gasteiger partial charge in [-0.1, -0.05) is 36.2 Å². The van der Waals surface area contributed by atoms with Crippen molar-refractivity contribution in [2.24, 2.45) is 5.92 Å². The van der Waals surface area contributed by atoms with Gasteiger partial charge in [-0.2, -0.15) is 0 Å². The Labute approximate surface area is 107 Å². The topological polar surface area (TPSA) is 37.3 Å². The molecule has 0 saturated heterocycles. The average molecular weight is 253 g/mol. The highest BCUT2D eigenvalue weighted by atomic mass is 35.5. The second kappa shape index (κ2) is 5.54. The van der Waals surface area contributed by atoms with E-state index in [0.717, 1.165) is 30.7 Å². The summed E-state index contributed by atoms with van der Waals surface area (Å²) in [5, 5.41) is 9.66. The van der Waals surface area contributed by atoms with Crippen LogP contribution in [0, 0.1) is 5.92 Å². The van der Waals surface area contributed by atoms with Gasteiger partial charge in [-0.3, -0.25) is 4.79 Å². The number of hydrogen-bond donors (Lipinski definition) is 1. The highest BCUT2D eigenvalue weighted by Gasteiger charge is 2.25. The van der Waals surface area contributed by atoms with Crippen LogP contribution in [-0.2, 0) is 4.79 Å². The average Bonchev–Trinajstić information content (AvgIpc) is 2.29. The van der Waals surface area contributed by atoms with Crippen LogP contribution in [0.2, 0.25) is 5.02 Å². The molecule has 2 atom stereocenters. The van der Waals surface area contributed by atoms with E-state index in [-0.39, 0.29) is 0 Å². The molecule has 0 amide bonds. The van der Waals surface area contributed by atoms with Gasteiger partial charge in [-0.05, 0) is 42.7 Å². The van der Waals surface area contributed by atoms with Crippen molar-refractivity contribution in [2.75, 3.05) is 0 Å². The Bertz CT molecular complexity index is 403. The van der Waals surface area contributed by atoms with Crippen molar-refractivity contribution in [3.8, 4) is 0 Å². The summed E-state index contributed by atoms with van der Waals surface area (Å²) in [5.74, 6) is 0.0548. The van der Waals surface area contributed by atoms with Crippen LogP contribution in [0.5, 0.6) is 0 Å². The molecule has 1 fully saturated rings. The summed E-state index contributed by atoms with van der Waals surface area (Å²) in [6.07, 6.45) is 4.51. The second-order valence-electron chi connectivity index (χ2n) is 4.85. The lowest BCUT2D eigenvalue weighted by atomic mass is 9.77. The summed E-state index contributed by atoms with van der Waals surface area (Å²) >= 11 is 6.19. The van der Waals surface area contributed by atoms with Gasteiger partial charge in [-0.15, -0.1) is 0 Å². The third-order valence-electron chi connectivity index (χ3n) is 3.59. The van der Waals surface area contributed by atoms with Crippen molar-refractivity contribution in [3.05, 3.63) is 34.9 Å². The maximum Gasteiger partial charge on any atom is 0.303 e. The van der Waals surface area contributed by atoms with Crippen LogP contribution in [0.4, 0.5) is 0 Å². The van der Waals surface area contributed by atoms with E-state index in [0.29, 0.717) is 18.3 Å². The van der Waals surface area contributed by atoms with Gasteiger partial charge in [0.2, 0.25) is 0 Å². The van der Waals surface area contributed by atoms with E-state index in [4.69, 9.17) is 16.7 Å². The quantitative estimate of drug-likeness (QED) is 0.880. The first-order valence-electron chi connectivity index (χ1n) is 6.13. The molecule has 0 bridgehead atoms. The molecule has 0 aliphatic heterocycles. The first-order valence-corrected chi connectivity index (χ1v) is 6.51. The van der Waals surface area contributed by atoms with Gasteiger partial charge in [0.05, 0.1) is 0 Å². The monoisotopic (exact) mass is 252 g/mol. The van der Waals surface area contributed by atoms with Crippen molar-refractivity contribution in [1.29, 1.82) is 0 Å². The van der Waals surface area contributed by atoms with Crippen LogP contribution >= 0.6 is 11.6 Å². The van der Waals surface area contributed by atoms with Crippen molar-refractivity contribution in [1.82, 2.24) is 0 Å². The molecule has 2 nitrogen and oxygen atoms in total. The molecule has 0 heterocycles. The number of halogens is 1. The molecule has 3 heteroatoms. The van der Waals surface area contributed by atoms with Crippen LogP contribution in [0.1, 0.15) is 43.6 Å². The fourth-order valence-corrected chi connectivity index (χ4v) is 3.10. The Morgan fingerprint density at radius 1 is 1.35 bits per heavy atom. The first kappa shape index (κ1) is 12.4. The Morgan fingerprint density at radius 2 is 2.12 bits per heavy atom. The van der Waals surface area contributed by atoms with Crippen LogP contribution < -0.4 is 0 Å². The minimum absolute atomic E-state index is 0.293. The van der Waals surface area contributed by atoms with Crippen LogP contribution in [0.15, 0.2) is 24.3 Å². The van der Waals surface area contributed by atoms with E-state index in [9.17, 15) is 4.79 Å². The predicted molar refractivity (Wildman–Crippen MR) is 68.4 cm³/mol. The molecule has 2 rings (SSSR count). The zero-order valence-electron chi connectivity index (χ0n) is 9.73. The van der Waals surface area contributed by atoms with Gasteiger partial charge in [0.15, 0.2) is 0 Å². The summed E-state index contributed by atoms with van der Waals surface area (Å²) in [7, 11) is 0. The standard InChI is InChI=1S/C14H17ClO2/c15-13-7-2-1-6-12(13)11-5-3-4-10(8-11)9-14(16)17/h1-2,6-7,10-11H,3-5,8-9H2,(H,16,17). The molecule has 1 N–H and O–H groups in total. The van der Waals surface area contributed by atoms with E-state index in [1.807, 2.05) is 18.2 Å². The Balaban J connectivity index is 2.07. The van der Waals surface area contributed by atoms with E-state index < -0.39 is 5.97 Å². The molecule has 17 heavy (non-hydrogen) atoms. The third kappa shape index (κ3) is 3.22. The van der Waals surface area contributed by atoms with E-state index in [1.54, 1.807) is 0 Å². The number of hydrogen-bond acceptors (Lipinski definition) is 1. The van der Waals surface area contributed by atoms with Crippen molar-refractivity contribution < 1.29 is 9.90 Å². The van der Waals surface area contributed by atoms with Gasteiger partial charge >= 0.3 is 5.97 Å². The maximum absolute atomic E-state index is 10.8. The first-order chi connectivity index (χ1) is 8.16. The van der Waals surface area contributed by atoms with Crippen molar-refractivity contribution in [3.63, 3.8) is 0 Å². The normalized spacial score (nSPS) is 24.5. The molecule has 0 spiro atoms. The zero-order valence-corrected chi connectivity index (χ0v) is 10.5. The number of carboxylic acid groups (broad SMARTS) is 1. The molecule has 1 aliphatic rings. The molecule has 1 saturated carbocycles. The summed E-state index contributed by atoms with van der Waals surface area (Å²) in [6.45, 7) is 0. The molecule has 0 aromatic heterocycles. The minimum Gasteiger partial charge on any atom is -0.481 e. The summed E-state index contributed by atoms with van der Waals surface area (Å²) in [5.41, 5.74) is 1.18. The SMILES string of the molecule is O=C(O)CC1CCCC(c2ccccc2Cl)C1. The minimum atomic E-state index is -0.685. The predicted octanol–water partition coefficient (Wildman–Crippen LogP) is 4.09. The lowest BCUT2D eigenvalue weighted by Gasteiger charge is -2.29. The van der Waals surface area contributed by atoms with Crippen LogP contribution in [0.25, 0.3) is 0 Å². The zero-order chi connectivity index (χ0) is 12.3. The molecular formula is C14H17ClO2.